The average molecular weight is 270 g/mol. The molecule has 1 unspecified atom stereocenters. The highest BCUT2D eigenvalue weighted by Gasteiger charge is 2.14. The zero-order valence-electron chi connectivity index (χ0n) is 11.7. The second kappa shape index (κ2) is 9.13. The van der Waals surface area contributed by atoms with Gasteiger partial charge in [0.2, 0.25) is 0 Å². The highest BCUT2D eigenvalue weighted by molar-refractivity contribution is 6.35. The van der Waals surface area contributed by atoms with E-state index in [4.69, 9.17) is 4.74 Å². The predicted octanol–water partition coefficient (Wildman–Crippen LogP) is 0.527. The molecule has 0 fully saturated rings. The maximum absolute atomic E-state index is 11.4. The van der Waals surface area contributed by atoms with Crippen LogP contribution in [-0.2, 0) is 19.1 Å². The van der Waals surface area contributed by atoms with Crippen LogP contribution in [-0.4, -0.2) is 37.0 Å². The van der Waals surface area contributed by atoms with Gasteiger partial charge in [0, 0.05) is 18.2 Å². The lowest BCUT2D eigenvalue weighted by Crippen LogP contribution is -2.43. The van der Waals surface area contributed by atoms with Crippen LogP contribution in [0.5, 0.6) is 0 Å². The molecule has 19 heavy (non-hydrogen) atoms. The summed E-state index contributed by atoms with van der Waals surface area (Å²) in [5.74, 6) is -1.78. The van der Waals surface area contributed by atoms with E-state index in [9.17, 15) is 14.4 Å². The van der Waals surface area contributed by atoms with Gasteiger partial charge in [-0.15, -0.1) is 0 Å². The molecular weight excluding hydrogens is 248 g/mol. The molecule has 108 valence electrons. The summed E-state index contributed by atoms with van der Waals surface area (Å²) < 4.78 is 4.84. The Balaban J connectivity index is 3.72. The molecule has 0 aromatic carbocycles. The first-order chi connectivity index (χ1) is 8.88. The van der Waals surface area contributed by atoms with Gasteiger partial charge in [-0.2, -0.15) is 0 Å². The summed E-state index contributed by atoms with van der Waals surface area (Å²) in [5, 5.41) is 5.01. The number of amides is 2. The van der Waals surface area contributed by atoms with Crippen molar-refractivity contribution in [1.29, 1.82) is 0 Å². The van der Waals surface area contributed by atoms with E-state index >= 15 is 0 Å². The quantitative estimate of drug-likeness (QED) is 0.306. The van der Waals surface area contributed by atoms with Crippen molar-refractivity contribution in [2.75, 3.05) is 13.2 Å². The molecule has 0 spiro atoms. The van der Waals surface area contributed by atoms with Crippen LogP contribution in [0.1, 0.15) is 33.6 Å². The topological polar surface area (TPSA) is 84.5 Å². The summed E-state index contributed by atoms with van der Waals surface area (Å²) in [5.41, 5.74) is 0.331. The molecule has 6 heteroatoms. The van der Waals surface area contributed by atoms with Crippen molar-refractivity contribution in [2.24, 2.45) is 0 Å². The Morgan fingerprint density at radius 3 is 2.42 bits per heavy atom. The molecule has 0 saturated heterocycles. The van der Waals surface area contributed by atoms with E-state index in [1.165, 1.54) is 0 Å². The molecule has 0 aliphatic rings. The molecule has 1 atom stereocenters. The van der Waals surface area contributed by atoms with Crippen LogP contribution in [0, 0.1) is 0 Å². The van der Waals surface area contributed by atoms with Gasteiger partial charge in [0.25, 0.3) is 0 Å². The second-order valence-corrected chi connectivity index (χ2v) is 4.31. The average Bonchev–Trinajstić information content (AvgIpc) is 2.37. The van der Waals surface area contributed by atoms with Gasteiger partial charge in [-0.05, 0) is 26.7 Å². The predicted molar refractivity (Wildman–Crippen MR) is 71.3 cm³/mol. The van der Waals surface area contributed by atoms with E-state index in [-0.39, 0.29) is 19.2 Å². The Bertz CT molecular complexity index is 353. The molecule has 0 aromatic rings. The Hall–Kier alpha value is -1.85. The van der Waals surface area contributed by atoms with Gasteiger partial charge in [-0.1, -0.05) is 13.5 Å². The SMILES string of the molecule is C=C(C)C(=O)OCCCNC(=O)C(=O)NC(C)CC. The van der Waals surface area contributed by atoms with E-state index in [1.54, 1.807) is 6.92 Å². The maximum atomic E-state index is 11.4. The molecule has 0 radical (unpaired) electrons. The fourth-order valence-corrected chi connectivity index (χ4v) is 1.03. The minimum absolute atomic E-state index is 0.0326. The van der Waals surface area contributed by atoms with Crippen LogP contribution in [0.2, 0.25) is 0 Å². The van der Waals surface area contributed by atoms with Crippen LogP contribution in [0.25, 0.3) is 0 Å². The van der Waals surface area contributed by atoms with Crippen molar-refractivity contribution < 1.29 is 19.1 Å². The molecule has 0 saturated carbocycles. The third kappa shape index (κ3) is 7.96. The third-order valence-electron chi connectivity index (χ3n) is 2.38. The Labute approximate surface area is 113 Å². The van der Waals surface area contributed by atoms with Gasteiger partial charge in [0.1, 0.15) is 0 Å². The molecule has 2 amide bonds. The first kappa shape index (κ1) is 17.2. The van der Waals surface area contributed by atoms with Crippen LogP contribution < -0.4 is 10.6 Å². The highest BCUT2D eigenvalue weighted by Crippen LogP contribution is 1.93. The number of hydrogen-bond acceptors (Lipinski definition) is 4. The lowest BCUT2D eigenvalue weighted by molar-refractivity contribution is -0.140. The number of carbonyl (C=O) groups excluding carboxylic acids is 3. The number of rotatable bonds is 7. The van der Waals surface area contributed by atoms with Gasteiger partial charge >= 0.3 is 17.8 Å². The van der Waals surface area contributed by atoms with Crippen LogP contribution in [0.3, 0.4) is 0 Å². The van der Waals surface area contributed by atoms with E-state index in [2.05, 4.69) is 17.2 Å². The van der Waals surface area contributed by atoms with E-state index < -0.39 is 17.8 Å². The molecule has 2 N–H and O–H groups in total. The number of esters is 1. The molecule has 0 heterocycles. The summed E-state index contributed by atoms with van der Waals surface area (Å²) in [6, 6.07) is -0.0326. The lowest BCUT2D eigenvalue weighted by Gasteiger charge is -2.11. The first-order valence-corrected chi connectivity index (χ1v) is 6.29. The monoisotopic (exact) mass is 270 g/mol. The number of ether oxygens (including phenoxy) is 1. The lowest BCUT2D eigenvalue weighted by atomic mass is 10.2. The molecule has 6 nitrogen and oxygen atoms in total. The first-order valence-electron chi connectivity index (χ1n) is 6.29. The molecule has 0 rings (SSSR count). The van der Waals surface area contributed by atoms with Crippen molar-refractivity contribution in [3.05, 3.63) is 12.2 Å². The van der Waals surface area contributed by atoms with Crippen molar-refractivity contribution in [3.8, 4) is 0 Å². The number of hydrogen-bond donors (Lipinski definition) is 2. The Kier molecular flexibility index (Phi) is 8.24. The standard InChI is InChI=1S/C13H22N2O4/c1-5-10(4)15-12(17)11(16)14-7-6-8-19-13(18)9(2)3/h10H,2,5-8H2,1,3-4H3,(H,14,16)(H,15,17). The summed E-state index contributed by atoms with van der Waals surface area (Å²) in [6.07, 6.45) is 1.21. The molecule has 0 bridgehead atoms. The van der Waals surface area contributed by atoms with Crippen LogP contribution in [0.4, 0.5) is 0 Å². The van der Waals surface area contributed by atoms with Crippen molar-refractivity contribution >= 4 is 17.8 Å². The minimum atomic E-state index is -0.675. The van der Waals surface area contributed by atoms with Gasteiger partial charge in [0.05, 0.1) is 6.61 Å². The molecule has 0 aliphatic carbocycles. The number of carbonyl (C=O) groups is 3. The van der Waals surface area contributed by atoms with Crippen molar-refractivity contribution in [1.82, 2.24) is 10.6 Å². The van der Waals surface area contributed by atoms with Crippen LogP contribution in [0.15, 0.2) is 12.2 Å². The van der Waals surface area contributed by atoms with Gasteiger partial charge in [-0.25, -0.2) is 4.79 Å². The summed E-state index contributed by atoms with van der Waals surface area (Å²) in [7, 11) is 0. The highest BCUT2D eigenvalue weighted by atomic mass is 16.5. The van der Waals surface area contributed by atoms with Gasteiger partial charge in [0.15, 0.2) is 0 Å². The smallest absolute Gasteiger partial charge is 0.333 e. The molecule has 0 aromatic heterocycles. The fourth-order valence-electron chi connectivity index (χ4n) is 1.03. The fraction of sp³-hybridized carbons (Fsp3) is 0.615. The van der Waals surface area contributed by atoms with Crippen molar-refractivity contribution in [2.45, 2.75) is 39.7 Å². The van der Waals surface area contributed by atoms with E-state index in [0.29, 0.717) is 12.0 Å². The zero-order valence-corrected chi connectivity index (χ0v) is 11.7. The van der Waals surface area contributed by atoms with Gasteiger partial charge in [-0.3, -0.25) is 9.59 Å². The summed E-state index contributed by atoms with van der Waals surface area (Å²) in [6.45, 7) is 9.19. The summed E-state index contributed by atoms with van der Waals surface area (Å²) in [4.78, 5) is 33.7. The van der Waals surface area contributed by atoms with Crippen LogP contribution >= 0.6 is 0 Å². The largest absolute Gasteiger partial charge is 0.462 e. The normalized spacial score (nSPS) is 11.3. The zero-order chi connectivity index (χ0) is 14.8. The van der Waals surface area contributed by atoms with E-state index in [0.717, 1.165) is 6.42 Å². The number of nitrogens with one attached hydrogen (secondary N) is 2. The van der Waals surface area contributed by atoms with Gasteiger partial charge < -0.3 is 15.4 Å². The van der Waals surface area contributed by atoms with E-state index in [1.807, 2.05) is 13.8 Å². The molecular formula is C13H22N2O4. The summed E-state index contributed by atoms with van der Waals surface area (Å²) >= 11 is 0. The minimum Gasteiger partial charge on any atom is -0.462 e. The Morgan fingerprint density at radius 1 is 1.26 bits per heavy atom. The molecule has 0 aliphatic heterocycles. The maximum Gasteiger partial charge on any atom is 0.333 e. The Morgan fingerprint density at radius 2 is 1.89 bits per heavy atom. The second-order valence-electron chi connectivity index (χ2n) is 4.31. The third-order valence-corrected chi connectivity index (χ3v) is 2.38. The van der Waals surface area contributed by atoms with Crippen molar-refractivity contribution in [3.63, 3.8) is 0 Å².